The molecule has 1 aromatic heterocycles. The smallest absolute Gasteiger partial charge is 0.338 e. The molecule has 0 aliphatic rings. The van der Waals surface area contributed by atoms with Gasteiger partial charge in [-0.25, -0.2) is 9.78 Å². The van der Waals surface area contributed by atoms with Crippen LogP contribution in [0.2, 0.25) is 0 Å². The van der Waals surface area contributed by atoms with Crippen molar-refractivity contribution in [1.29, 1.82) is 0 Å². The Balaban J connectivity index is 1.49. The number of hydrogen-bond acceptors (Lipinski definition) is 6. The first-order chi connectivity index (χ1) is 13.9. The summed E-state index contributed by atoms with van der Waals surface area (Å²) in [5.41, 5.74) is 2.30. The lowest BCUT2D eigenvalue weighted by atomic mass is 10.1. The van der Waals surface area contributed by atoms with Crippen LogP contribution in [0.3, 0.4) is 0 Å². The Hall–Kier alpha value is -2.77. The van der Waals surface area contributed by atoms with Gasteiger partial charge in [-0.1, -0.05) is 24.3 Å². The maximum atomic E-state index is 12.3. The number of ether oxygens (including phenoxy) is 2. The number of amides is 1. The van der Waals surface area contributed by atoms with Gasteiger partial charge >= 0.3 is 5.97 Å². The zero-order chi connectivity index (χ0) is 20.8. The molecule has 1 heterocycles. The van der Waals surface area contributed by atoms with Crippen molar-refractivity contribution in [2.75, 3.05) is 13.7 Å². The van der Waals surface area contributed by atoms with Gasteiger partial charge in [-0.3, -0.25) is 4.79 Å². The van der Waals surface area contributed by atoms with E-state index in [1.807, 2.05) is 50.2 Å². The second-order valence-corrected chi connectivity index (χ2v) is 8.07. The van der Waals surface area contributed by atoms with Crippen molar-refractivity contribution in [3.05, 3.63) is 64.7 Å². The van der Waals surface area contributed by atoms with Crippen LogP contribution in [0, 0.1) is 0 Å². The van der Waals surface area contributed by atoms with Gasteiger partial charge in [0.15, 0.2) is 6.61 Å². The minimum atomic E-state index is -0.525. The van der Waals surface area contributed by atoms with E-state index < -0.39 is 5.97 Å². The van der Waals surface area contributed by atoms with Crippen LogP contribution < -0.4 is 0 Å². The molecule has 0 aliphatic heterocycles. The van der Waals surface area contributed by atoms with Gasteiger partial charge in [0, 0.05) is 7.05 Å². The number of nitrogens with zero attached hydrogens (tertiary/aromatic N) is 2. The fourth-order valence-electron chi connectivity index (χ4n) is 2.60. The number of para-hydroxylation sites is 1. The molecule has 0 radical (unpaired) electrons. The summed E-state index contributed by atoms with van der Waals surface area (Å²) in [7, 11) is 1.67. The normalized spacial score (nSPS) is 11.0. The number of carbonyl (C=O) groups is 2. The van der Waals surface area contributed by atoms with Crippen molar-refractivity contribution in [3.8, 4) is 0 Å². The topological polar surface area (TPSA) is 68.7 Å². The summed E-state index contributed by atoms with van der Waals surface area (Å²) in [6.07, 6.45) is 0.144. The van der Waals surface area contributed by atoms with E-state index in [9.17, 15) is 9.59 Å². The van der Waals surface area contributed by atoms with E-state index >= 15 is 0 Å². The number of thiazole rings is 1. The summed E-state index contributed by atoms with van der Waals surface area (Å²) >= 11 is 1.55. The van der Waals surface area contributed by atoms with Gasteiger partial charge in [0.2, 0.25) is 0 Å². The van der Waals surface area contributed by atoms with E-state index in [0.717, 1.165) is 20.8 Å². The second-order valence-electron chi connectivity index (χ2n) is 6.96. The van der Waals surface area contributed by atoms with E-state index in [0.29, 0.717) is 18.7 Å². The Bertz CT molecular complexity index is 949. The van der Waals surface area contributed by atoms with Crippen LogP contribution >= 0.6 is 11.3 Å². The van der Waals surface area contributed by atoms with Crippen molar-refractivity contribution in [2.45, 2.75) is 33.1 Å². The van der Waals surface area contributed by atoms with Gasteiger partial charge in [0.1, 0.15) is 5.01 Å². The Morgan fingerprint density at radius 1 is 1.10 bits per heavy atom. The second kappa shape index (κ2) is 9.62. The third kappa shape index (κ3) is 5.85. The minimum absolute atomic E-state index is 0.144. The van der Waals surface area contributed by atoms with Crippen molar-refractivity contribution in [3.63, 3.8) is 0 Å². The average molecular weight is 413 g/mol. The summed E-state index contributed by atoms with van der Waals surface area (Å²) in [4.78, 5) is 30.5. The first kappa shape index (κ1) is 21.0. The van der Waals surface area contributed by atoms with Crippen molar-refractivity contribution in [2.24, 2.45) is 0 Å². The van der Waals surface area contributed by atoms with Crippen molar-refractivity contribution in [1.82, 2.24) is 9.88 Å². The maximum Gasteiger partial charge on any atom is 0.338 e. The Morgan fingerprint density at radius 3 is 2.52 bits per heavy atom. The first-order valence-corrected chi connectivity index (χ1v) is 10.2. The molecule has 2 aromatic carbocycles. The molecule has 6 nitrogen and oxygen atoms in total. The highest BCUT2D eigenvalue weighted by Crippen LogP contribution is 2.22. The largest absolute Gasteiger partial charge is 0.452 e. The molecule has 0 spiro atoms. The molecule has 7 heteroatoms. The molecule has 0 saturated carbocycles. The lowest BCUT2D eigenvalue weighted by molar-refractivity contribution is -0.133. The molecule has 1 amide bonds. The summed E-state index contributed by atoms with van der Waals surface area (Å²) in [6.45, 7) is 4.49. The SMILES string of the molecule is CC(C)OCc1ccc(C(=O)OCC(=O)N(C)Cc2nc3ccccc3s2)cc1. The quantitative estimate of drug-likeness (QED) is 0.523. The van der Waals surface area contributed by atoms with Crippen LogP contribution in [0.15, 0.2) is 48.5 Å². The van der Waals surface area contributed by atoms with E-state index in [1.165, 1.54) is 4.90 Å². The molecule has 0 fully saturated rings. The molecule has 29 heavy (non-hydrogen) atoms. The van der Waals surface area contributed by atoms with E-state index in [2.05, 4.69) is 4.98 Å². The van der Waals surface area contributed by atoms with Gasteiger partial charge in [0.25, 0.3) is 5.91 Å². The van der Waals surface area contributed by atoms with E-state index in [1.54, 1.807) is 30.5 Å². The van der Waals surface area contributed by atoms with Gasteiger partial charge in [-0.15, -0.1) is 11.3 Å². The predicted molar refractivity (Wildman–Crippen MR) is 113 cm³/mol. The van der Waals surface area contributed by atoms with Crippen LogP contribution in [0.1, 0.15) is 34.8 Å². The molecule has 3 rings (SSSR count). The number of likely N-dealkylation sites (N-methyl/N-ethyl adjacent to an activating group) is 1. The summed E-state index contributed by atoms with van der Waals surface area (Å²) in [5, 5.41) is 0.840. The first-order valence-electron chi connectivity index (χ1n) is 9.38. The van der Waals surface area contributed by atoms with Crippen LogP contribution in [-0.2, 0) is 27.4 Å². The Labute approximate surface area is 174 Å². The van der Waals surface area contributed by atoms with Crippen LogP contribution in [-0.4, -0.2) is 41.5 Å². The average Bonchev–Trinajstić information content (AvgIpc) is 3.12. The lowest BCUT2D eigenvalue weighted by Gasteiger charge is -2.15. The number of carbonyl (C=O) groups excluding carboxylic acids is 2. The molecule has 0 N–H and O–H groups in total. The van der Waals surface area contributed by atoms with Gasteiger partial charge in [-0.2, -0.15) is 0 Å². The maximum absolute atomic E-state index is 12.3. The molecule has 3 aromatic rings. The third-order valence-corrected chi connectivity index (χ3v) is 5.26. The molecule has 0 atom stereocenters. The van der Waals surface area contributed by atoms with Gasteiger partial charge < -0.3 is 14.4 Å². The van der Waals surface area contributed by atoms with Crippen LogP contribution in [0.25, 0.3) is 10.2 Å². The monoisotopic (exact) mass is 412 g/mol. The molecular weight excluding hydrogens is 388 g/mol. The summed E-state index contributed by atoms with van der Waals surface area (Å²) in [6, 6.07) is 14.8. The molecule has 0 aliphatic carbocycles. The molecular formula is C22H24N2O4S. The molecule has 0 saturated heterocycles. The summed E-state index contributed by atoms with van der Waals surface area (Å²) in [5.74, 6) is -0.803. The number of benzene rings is 2. The number of aromatic nitrogens is 1. The Kier molecular flexibility index (Phi) is 6.95. The molecule has 0 unspecified atom stereocenters. The van der Waals surface area contributed by atoms with Crippen LogP contribution in [0.5, 0.6) is 0 Å². The fraction of sp³-hybridized carbons (Fsp3) is 0.318. The number of esters is 1. The predicted octanol–water partition coefficient (Wildman–Crippen LogP) is 4.04. The van der Waals surface area contributed by atoms with E-state index in [4.69, 9.17) is 9.47 Å². The zero-order valence-corrected chi connectivity index (χ0v) is 17.6. The highest BCUT2D eigenvalue weighted by Gasteiger charge is 2.15. The van der Waals surface area contributed by atoms with Crippen molar-refractivity contribution < 1.29 is 19.1 Å². The zero-order valence-electron chi connectivity index (χ0n) is 16.8. The lowest BCUT2D eigenvalue weighted by Crippen LogP contribution is -2.30. The standard InChI is InChI=1S/C22H24N2O4S/c1-15(2)27-13-16-8-10-17(11-9-16)22(26)28-14-21(25)24(3)12-20-23-18-6-4-5-7-19(18)29-20/h4-11,15H,12-14H2,1-3H3. The number of fused-ring (bicyclic) bond motifs is 1. The van der Waals surface area contributed by atoms with E-state index in [-0.39, 0.29) is 18.6 Å². The minimum Gasteiger partial charge on any atom is -0.452 e. The molecule has 152 valence electrons. The highest BCUT2D eigenvalue weighted by molar-refractivity contribution is 7.18. The van der Waals surface area contributed by atoms with Gasteiger partial charge in [-0.05, 0) is 43.7 Å². The highest BCUT2D eigenvalue weighted by atomic mass is 32.1. The Morgan fingerprint density at radius 2 is 1.83 bits per heavy atom. The number of rotatable bonds is 8. The summed E-state index contributed by atoms with van der Waals surface area (Å²) < 4.78 is 11.8. The van der Waals surface area contributed by atoms with Gasteiger partial charge in [0.05, 0.1) is 35.0 Å². The van der Waals surface area contributed by atoms with Crippen LogP contribution in [0.4, 0.5) is 0 Å². The molecule has 0 bridgehead atoms. The third-order valence-electron chi connectivity index (χ3n) is 4.24. The fourth-order valence-corrected chi connectivity index (χ4v) is 3.62. The number of hydrogen-bond donors (Lipinski definition) is 0. The van der Waals surface area contributed by atoms with Crippen molar-refractivity contribution >= 4 is 33.4 Å².